The molecular formula is C18H19N3O4. The first kappa shape index (κ1) is 16.9. The molecule has 1 amide bonds. The van der Waals surface area contributed by atoms with E-state index in [9.17, 15) is 9.59 Å². The van der Waals surface area contributed by atoms with E-state index in [0.717, 1.165) is 0 Å². The molecule has 3 rings (SSSR count). The summed E-state index contributed by atoms with van der Waals surface area (Å²) in [6, 6.07) is 10.2. The zero-order chi connectivity index (χ0) is 17.6. The van der Waals surface area contributed by atoms with E-state index in [1.807, 2.05) is 0 Å². The maximum atomic E-state index is 12.8. The van der Waals surface area contributed by atoms with Gasteiger partial charge in [0.1, 0.15) is 6.10 Å². The molecule has 7 heteroatoms. The highest BCUT2D eigenvalue weighted by atomic mass is 16.5. The van der Waals surface area contributed by atoms with Crippen LogP contribution >= 0.6 is 0 Å². The molecule has 0 bridgehead atoms. The van der Waals surface area contributed by atoms with Crippen molar-refractivity contribution in [2.24, 2.45) is 0 Å². The number of ether oxygens (including phenoxy) is 2. The van der Waals surface area contributed by atoms with E-state index in [2.05, 4.69) is 10.2 Å². The van der Waals surface area contributed by atoms with Crippen LogP contribution in [-0.4, -0.2) is 53.3 Å². The third-order valence-electron chi connectivity index (χ3n) is 4.13. The van der Waals surface area contributed by atoms with Crippen molar-refractivity contribution in [2.75, 3.05) is 20.2 Å². The molecule has 1 aromatic heterocycles. The van der Waals surface area contributed by atoms with Crippen molar-refractivity contribution in [3.8, 4) is 5.88 Å². The van der Waals surface area contributed by atoms with Gasteiger partial charge >= 0.3 is 5.97 Å². The molecule has 130 valence electrons. The van der Waals surface area contributed by atoms with Crippen LogP contribution in [0.25, 0.3) is 0 Å². The second-order valence-electron chi connectivity index (χ2n) is 5.71. The maximum Gasteiger partial charge on any atom is 0.338 e. The minimum atomic E-state index is -0.509. The fourth-order valence-electron chi connectivity index (χ4n) is 2.83. The van der Waals surface area contributed by atoms with Gasteiger partial charge in [-0.15, -0.1) is 5.10 Å². The molecule has 7 nitrogen and oxygen atoms in total. The van der Waals surface area contributed by atoms with Crippen LogP contribution < -0.4 is 4.74 Å². The van der Waals surface area contributed by atoms with Crippen molar-refractivity contribution in [2.45, 2.75) is 18.9 Å². The normalized spacial score (nSPS) is 14.8. The Bertz CT molecular complexity index is 743. The van der Waals surface area contributed by atoms with E-state index in [0.29, 0.717) is 37.4 Å². The van der Waals surface area contributed by atoms with Gasteiger partial charge in [0.15, 0.2) is 0 Å². The summed E-state index contributed by atoms with van der Waals surface area (Å²) in [5.41, 5.74) is 0.649. The molecule has 1 fully saturated rings. The lowest BCUT2D eigenvalue weighted by atomic mass is 10.0. The van der Waals surface area contributed by atoms with Crippen molar-refractivity contribution in [1.29, 1.82) is 0 Å². The van der Waals surface area contributed by atoms with Crippen LogP contribution in [0.1, 0.15) is 33.6 Å². The van der Waals surface area contributed by atoms with E-state index in [1.54, 1.807) is 47.5 Å². The van der Waals surface area contributed by atoms with E-state index in [4.69, 9.17) is 9.47 Å². The number of piperidine rings is 1. The van der Waals surface area contributed by atoms with Gasteiger partial charge in [-0.25, -0.2) is 4.79 Å². The fourth-order valence-corrected chi connectivity index (χ4v) is 2.83. The van der Waals surface area contributed by atoms with Crippen LogP contribution in [0.2, 0.25) is 0 Å². The maximum absolute atomic E-state index is 12.8. The molecular weight excluding hydrogens is 322 g/mol. The van der Waals surface area contributed by atoms with Crippen LogP contribution in [0.5, 0.6) is 5.88 Å². The predicted octanol–water partition coefficient (Wildman–Crippen LogP) is 1.95. The average molecular weight is 341 g/mol. The Labute approximate surface area is 145 Å². The Kier molecular flexibility index (Phi) is 5.23. The van der Waals surface area contributed by atoms with Gasteiger partial charge in [0, 0.05) is 38.2 Å². The van der Waals surface area contributed by atoms with Gasteiger partial charge in [0.25, 0.3) is 5.91 Å². The van der Waals surface area contributed by atoms with Crippen LogP contribution in [0.4, 0.5) is 0 Å². The minimum Gasteiger partial charge on any atom is -0.473 e. The van der Waals surface area contributed by atoms with Gasteiger partial charge in [0.2, 0.25) is 5.88 Å². The number of carbonyl (C=O) groups is 2. The highest BCUT2D eigenvalue weighted by Crippen LogP contribution is 2.20. The number of rotatable bonds is 4. The van der Waals surface area contributed by atoms with Crippen molar-refractivity contribution in [1.82, 2.24) is 15.1 Å². The van der Waals surface area contributed by atoms with E-state index >= 15 is 0 Å². The molecule has 1 saturated heterocycles. The number of nitrogens with zero attached hydrogens (tertiary/aromatic N) is 3. The van der Waals surface area contributed by atoms with Crippen molar-refractivity contribution in [3.63, 3.8) is 0 Å². The Morgan fingerprint density at radius 3 is 2.44 bits per heavy atom. The molecule has 1 aliphatic heterocycles. The Hall–Kier alpha value is -2.96. The topological polar surface area (TPSA) is 81.6 Å². The largest absolute Gasteiger partial charge is 0.473 e. The minimum absolute atomic E-state index is 0.00315. The fraction of sp³-hybridized carbons (Fsp3) is 0.333. The summed E-state index contributed by atoms with van der Waals surface area (Å²) < 4.78 is 10.5. The van der Waals surface area contributed by atoms with Crippen LogP contribution in [0.3, 0.4) is 0 Å². The molecule has 0 unspecified atom stereocenters. The highest BCUT2D eigenvalue weighted by molar-refractivity contribution is 6.05. The second kappa shape index (κ2) is 7.74. The molecule has 1 aliphatic rings. The summed E-state index contributed by atoms with van der Waals surface area (Å²) in [5, 5.41) is 7.69. The number of benzene rings is 1. The smallest absolute Gasteiger partial charge is 0.338 e. The lowest BCUT2D eigenvalue weighted by molar-refractivity contribution is 0.0551. The van der Waals surface area contributed by atoms with Gasteiger partial charge in [-0.1, -0.05) is 12.1 Å². The SMILES string of the molecule is COC(=O)c1ccccc1C(=O)N1CCC(Oc2cccnn2)CC1. The number of hydrogen-bond donors (Lipinski definition) is 0. The second-order valence-corrected chi connectivity index (χ2v) is 5.71. The molecule has 1 aromatic carbocycles. The zero-order valence-electron chi connectivity index (χ0n) is 13.9. The quantitative estimate of drug-likeness (QED) is 0.791. The van der Waals surface area contributed by atoms with Crippen molar-refractivity contribution >= 4 is 11.9 Å². The van der Waals surface area contributed by atoms with E-state index < -0.39 is 5.97 Å². The molecule has 0 N–H and O–H groups in total. The van der Waals surface area contributed by atoms with Crippen LogP contribution in [-0.2, 0) is 4.74 Å². The van der Waals surface area contributed by atoms with Crippen LogP contribution in [0.15, 0.2) is 42.6 Å². The molecule has 2 aromatic rings. The summed E-state index contributed by atoms with van der Waals surface area (Å²) in [7, 11) is 1.30. The Balaban J connectivity index is 1.63. The molecule has 0 radical (unpaired) electrons. The van der Waals surface area contributed by atoms with Gasteiger partial charge in [-0.3, -0.25) is 4.79 Å². The summed E-state index contributed by atoms with van der Waals surface area (Å²) in [6.45, 7) is 1.11. The summed E-state index contributed by atoms with van der Waals surface area (Å²) >= 11 is 0. The third kappa shape index (κ3) is 3.93. The van der Waals surface area contributed by atoms with Gasteiger partial charge in [-0.2, -0.15) is 5.10 Å². The van der Waals surface area contributed by atoms with Gasteiger partial charge in [-0.05, 0) is 18.2 Å². The highest BCUT2D eigenvalue weighted by Gasteiger charge is 2.27. The first-order valence-electron chi connectivity index (χ1n) is 8.10. The first-order chi connectivity index (χ1) is 12.2. The predicted molar refractivity (Wildman–Crippen MR) is 89.4 cm³/mol. The number of hydrogen-bond acceptors (Lipinski definition) is 6. The third-order valence-corrected chi connectivity index (χ3v) is 4.13. The van der Waals surface area contributed by atoms with Crippen molar-refractivity contribution < 1.29 is 19.1 Å². The number of aromatic nitrogens is 2. The van der Waals surface area contributed by atoms with E-state index in [-0.39, 0.29) is 17.6 Å². The number of carbonyl (C=O) groups excluding carboxylic acids is 2. The molecule has 25 heavy (non-hydrogen) atoms. The summed E-state index contributed by atoms with van der Waals surface area (Å²) in [5.74, 6) is -0.188. The van der Waals surface area contributed by atoms with Crippen molar-refractivity contribution in [3.05, 3.63) is 53.7 Å². The monoisotopic (exact) mass is 341 g/mol. The van der Waals surface area contributed by atoms with E-state index in [1.165, 1.54) is 7.11 Å². The average Bonchev–Trinajstić information content (AvgIpc) is 2.68. The number of methoxy groups -OCH3 is 1. The summed E-state index contributed by atoms with van der Waals surface area (Å²) in [4.78, 5) is 26.3. The molecule has 0 saturated carbocycles. The summed E-state index contributed by atoms with van der Waals surface area (Å²) in [6.07, 6.45) is 2.98. The Morgan fingerprint density at radius 1 is 1.08 bits per heavy atom. The molecule has 0 spiro atoms. The lowest BCUT2D eigenvalue weighted by Gasteiger charge is -2.32. The number of amides is 1. The van der Waals surface area contributed by atoms with Gasteiger partial charge in [0.05, 0.1) is 18.2 Å². The molecule has 0 atom stereocenters. The molecule has 0 aliphatic carbocycles. The standard InChI is InChI=1S/C18H19N3O4/c1-24-18(23)15-6-3-2-5-14(15)17(22)21-11-8-13(9-12-21)25-16-7-4-10-19-20-16/h2-7,10,13H,8-9,11-12H2,1H3. The zero-order valence-corrected chi connectivity index (χ0v) is 13.9. The molecule has 2 heterocycles. The lowest BCUT2D eigenvalue weighted by Crippen LogP contribution is -2.42. The number of esters is 1. The Morgan fingerprint density at radius 2 is 1.80 bits per heavy atom. The first-order valence-corrected chi connectivity index (χ1v) is 8.10. The number of likely N-dealkylation sites (tertiary alicyclic amines) is 1. The van der Waals surface area contributed by atoms with Crippen LogP contribution in [0, 0.1) is 0 Å². The van der Waals surface area contributed by atoms with Gasteiger partial charge < -0.3 is 14.4 Å².